The largest absolute Gasteiger partial charge is 0.368 e. The Balaban J connectivity index is 1.66. The molecule has 2 aromatic heterocycles. The number of carbonyl (C=O) groups is 1. The summed E-state index contributed by atoms with van der Waals surface area (Å²) >= 11 is 0. The molecule has 0 aliphatic carbocycles. The number of carbonyl (C=O) groups excluding carboxylic acids is 1. The Morgan fingerprint density at radius 2 is 2.23 bits per heavy atom. The molecule has 0 bridgehead atoms. The van der Waals surface area contributed by atoms with E-state index in [4.69, 9.17) is 0 Å². The maximum Gasteiger partial charge on any atom is 0.254 e. The van der Waals surface area contributed by atoms with Gasteiger partial charge in [0.05, 0.1) is 0 Å². The Morgan fingerprint density at radius 1 is 1.32 bits per heavy atom. The van der Waals surface area contributed by atoms with Crippen molar-refractivity contribution in [3.8, 4) is 0 Å². The van der Waals surface area contributed by atoms with Crippen molar-refractivity contribution in [2.75, 3.05) is 25.0 Å². The highest BCUT2D eigenvalue weighted by Crippen LogP contribution is 2.13. The summed E-state index contributed by atoms with van der Waals surface area (Å²) < 4.78 is 1.70. The van der Waals surface area contributed by atoms with Crippen LogP contribution in [-0.2, 0) is 11.2 Å². The summed E-state index contributed by atoms with van der Waals surface area (Å²) in [5, 5.41) is 7.55. The van der Waals surface area contributed by atoms with Crippen molar-refractivity contribution in [2.24, 2.45) is 0 Å². The lowest BCUT2D eigenvalue weighted by atomic mass is 10.2. The van der Waals surface area contributed by atoms with Gasteiger partial charge in [-0.2, -0.15) is 14.6 Å². The Labute approximate surface area is 129 Å². The van der Waals surface area contributed by atoms with Crippen LogP contribution in [0.25, 0.3) is 5.78 Å². The van der Waals surface area contributed by atoms with Gasteiger partial charge >= 0.3 is 0 Å². The van der Waals surface area contributed by atoms with Crippen LogP contribution < -0.4 is 5.32 Å². The van der Waals surface area contributed by atoms with Gasteiger partial charge in [0.15, 0.2) is 0 Å². The number of nitrogens with one attached hydrogen (secondary N) is 1. The molecule has 3 rings (SSSR count). The van der Waals surface area contributed by atoms with E-state index in [0.717, 1.165) is 50.3 Å². The minimum Gasteiger partial charge on any atom is -0.368 e. The summed E-state index contributed by atoms with van der Waals surface area (Å²) in [4.78, 5) is 22.5. The number of amides is 1. The lowest BCUT2D eigenvalue weighted by Gasteiger charge is -2.21. The number of aromatic nitrogens is 4. The summed E-state index contributed by atoms with van der Waals surface area (Å²) in [7, 11) is 0. The van der Waals surface area contributed by atoms with E-state index in [2.05, 4.69) is 27.3 Å². The molecule has 118 valence electrons. The van der Waals surface area contributed by atoms with Gasteiger partial charge in [-0.1, -0.05) is 13.3 Å². The molecule has 7 heteroatoms. The smallest absolute Gasteiger partial charge is 0.254 e. The predicted octanol–water partition coefficient (Wildman–Crippen LogP) is 1.50. The number of hydrogen-bond acceptors (Lipinski definition) is 5. The normalized spacial score (nSPS) is 16.0. The molecule has 1 N–H and O–H groups in total. The Morgan fingerprint density at radius 3 is 3.09 bits per heavy atom. The molecule has 2 aromatic rings. The molecule has 7 nitrogen and oxygen atoms in total. The highest BCUT2D eigenvalue weighted by molar-refractivity contribution is 5.76. The zero-order chi connectivity index (χ0) is 15.4. The van der Waals surface area contributed by atoms with Crippen molar-refractivity contribution < 1.29 is 4.79 Å². The van der Waals surface area contributed by atoms with Gasteiger partial charge in [-0.15, -0.1) is 0 Å². The van der Waals surface area contributed by atoms with E-state index >= 15 is 0 Å². The first-order chi connectivity index (χ1) is 10.8. The van der Waals surface area contributed by atoms with Crippen LogP contribution in [0.1, 0.15) is 38.3 Å². The van der Waals surface area contributed by atoms with Gasteiger partial charge in [0, 0.05) is 37.8 Å². The number of fused-ring (bicyclic) bond motifs is 1. The van der Waals surface area contributed by atoms with Gasteiger partial charge in [0.25, 0.3) is 5.78 Å². The van der Waals surface area contributed by atoms with Crippen LogP contribution in [0.2, 0.25) is 0 Å². The molecule has 1 aliphatic rings. The second-order valence-corrected chi connectivity index (χ2v) is 5.58. The topological polar surface area (TPSA) is 75.4 Å². The third-order valence-electron chi connectivity index (χ3n) is 4.03. The minimum absolute atomic E-state index is 0.272. The number of hydrogen-bond donors (Lipinski definition) is 1. The molecule has 0 unspecified atom stereocenters. The highest BCUT2D eigenvalue weighted by atomic mass is 16.2. The number of aryl methyl sites for hydroxylation is 1. The van der Waals surface area contributed by atoms with Gasteiger partial charge in [0.1, 0.15) is 12.1 Å². The molecule has 0 saturated carbocycles. The summed E-state index contributed by atoms with van der Waals surface area (Å²) in [5.74, 6) is 1.75. The number of rotatable bonds is 5. The second-order valence-electron chi connectivity index (χ2n) is 5.58. The third kappa shape index (κ3) is 3.18. The molecule has 0 spiro atoms. The fourth-order valence-electron chi connectivity index (χ4n) is 2.76. The molecule has 0 aromatic carbocycles. The van der Waals surface area contributed by atoms with E-state index in [0.29, 0.717) is 18.7 Å². The van der Waals surface area contributed by atoms with Crippen molar-refractivity contribution in [1.82, 2.24) is 24.5 Å². The highest BCUT2D eigenvalue weighted by Gasteiger charge is 2.16. The van der Waals surface area contributed by atoms with Crippen LogP contribution in [0.3, 0.4) is 0 Å². The minimum atomic E-state index is 0.272. The van der Waals surface area contributed by atoms with E-state index in [1.807, 2.05) is 11.0 Å². The second kappa shape index (κ2) is 6.72. The molecular weight excluding hydrogens is 280 g/mol. The monoisotopic (exact) mass is 302 g/mol. The standard InChI is InChI=1S/C15H22N6O/c1-2-12-10-13(21-15(19-12)17-11-18-21)16-7-9-20-8-5-3-4-6-14(20)22/h10-11,16H,2-9H2,1H3. The predicted molar refractivity (Wildman–Crippen MR) is 83.7 cm³/mol. The summed E-state index contributed by atoms with van der Waals surface area (Å²) in [6, 6.07) is 1.99. The van der Waals surface area contributed by atoms with Crippen LogP contribution in [0.15, 0.2) is 12.4 Å². The molecule has 3 heterocycles. The molecule has 22 heavy (non-hydrogen) atoms. The maximum atomic E-state index is 12.0. The summed E-state index contributed by atoms with van der Waals surface area (Å²) in [6.07, 6.45) is 6.32. The molecule has 1 saturated heterocycles. The van der Waals surface area contributed by atoms with Crippen molar-refractivity contribution in [1.29, 1.82) is 0 Å². The van der Waals surface area contributed by atoms with Crippen molar-refractivity contribution in [3.63, 3.8) is 0 Å². The van der Waals surface area contributed by atoms with E-state index in [1.165, 1.54) is 6.33 Å². The lowest BCUT2D eigenvalue weighted by Crippen LogP contribution is -2.34. The van der Waals surface area contributed by atoms with Crippen LogP contribution in [-0.4, -0.2) is 50.0 Å². The SMILES string of the molecule is CCc1cc(NCCN2CCCCCC2=O)n2ncnc2n1. The van der Waals surface area contributed by atoms with Gasteiger partial charge in [-0.3, -0.25) is 4.79 Å². The van der Waals surface area contributed by atoms with E-state index < -0.39 is 0 Å². The van der Waals surface area contributed by atoms with E-state index in [9.17, 15) is 4.79 Å². The average molecular weight is 302 g/mol. The first-order valence-electron chi connectivity index (χ1n) is 7.99. The van der Waals surface area contributed by atoms with Crippen LogP contribution >= 0.6 is 0 Å². The molecule has 1 aliphatic heterocycles. The van der Waals surface area contributed by atoms with Gasteiger partial charge in [-0.05, 0) is 19.3 Å². The molecule has 1 fully saturated rings. The molecule has 0 atom stereocenters. The van der Waals surface area contributed by atoms with E-state index in [-0.39, 0.29) is 5.91 Å². The molecule has 1 amide bonds. The fourth-order valence-corrected chi connectivity index (χ4v) is 2.76. The van der Waals surface area contributed by atoms with Gasteiger partial charge in [0.2, 0.25) is 5.91 Å². The summed E-state index contributed by atoms with van der Waals surface area (Å²) in [6.45, 7) is 4.36. The average Bonchev–Trinajstić information content (AvgIpc) is 2.91. The van der Waals surface area contributed by atoms with Crippen molar-refractivity contribution in [2.45, 2.75) is 39.0 Å². The lowest BCUT2D eigenvalue weighted by molar-refractivity contribution is -0.130. The Hall–Kier alpha value is -2.18. The first-order valence-corrected chi connectivity index (χ1v) is 7.99. The van der Waals surface area contributed by atoms with Crippen molar-refractivity contribution >= 4 is 17.5 Å². The Bertz CT molecular complexity index is 653. The van der Waals surface area contributed by atoms with Gasteiger partial charge in [-0.25, -0.2) is 4.98 Å². The third-order valence-corrected chi connectivity index (χ3v) is 4.03. The summed E-state index contributed by atoms with van der Waals surface area (Å²) in [5.41, 5.74) is 0.980. The Kier molecular flexibility index (Phi) is 4.50. The molecule has 0 radical (unpaired) electrons. The number of likely N-dealkylation sites (tertiary alicyclic amines) is 1. The van der Waals surface area contributed by atoms with Crippen LogP contribution in [0, 0.1) is 0 Å². The van der Waals surface area contributed by atoms with Crippen LogP contribution in [0.4, 0.5) is 5.82 Å². The van der Waals surface area contributed by atoms with E-state index in [1.54, 1.807) is 4.52 Å². The number of nitrogens with zero attached hydrogens (tertiary/aromatic N) is 5. The quantitative estimate of drug-likeness (QED) is 0.906. The zero-order valence-electron chi connectivity index (χ0n) is 13.0. The first kappa shape index (κ1) is 14.7. The van der Waals surface area contributed by atoms with Crippen LogP contribution in [0.5, 0.6) is 0 Å². The van der Waals surface area contributed by atoms with Crippen molar-refractivity contribution in [3.05, 3.63) is 18.1 Å². The maximum absolute atomic E-state index is 12.0. The number of anilines is 1. The molecular formula is C15H22N6O. The fraction of sp³-hybridized carbons (Fsp3) is 0.600. The van der Waals surface area contributed by atoms with Gasteiger partial charge < -0.3 is 10.2 Å². The zero-order valence-corrected chi connectivity index (χ0v) is 13.0.